The van der Waals surface area contributed by atoms with Crippen LogP contribution in [0.25, 0.3) is 10.8 Å². The summed E-state index contributed by atoms with van der Waals surface area (Å²) >= 11 is 0. The summed E-state index contributed by atoms with van der Waals surface area (Å²) < 4.78 is 32.5. The number of oxime groups is 1. The summed E-state index contributed by atoms with van der Waals surface area (Å²) in [6.07, 6.45) is 7.40. The Balaban J connectivity index is 1.39. The zero-order chi connectivity index (χ0) is 46.3. The molecule has 66 heavy (non-hydrogen) atoms. The number of hydrogen-bond acceptors (Lipinski definition) is 11. The highest BCUT2D eigenvalue weighted by Crippen LogP contribution is 2.62. The molecule has 4 aromatic rings. The Hall–Kier alpha value is -5.73. The Kier molecular flexibility index (Phi) is 17.3. The van der Waals surface area contributed by atoms with Gasteiger partial charge < -0.3 is 44.1 Å². The lowest BCUT2D eigenvalue weighted by Crippen LogP contribution is -2.70. The molecule has 0 radical (unpaired) electrons. The van der Waals surface area contributed by atoms with Gasteiger partial charge in [0.1, 0.15) is 30.8 Å². The fourth-order valence-electron chi connectivity index (χ4n) is 10.1. The predicted octanol–water partition coefficient (Wildman–Crippen LogP) is 9.46. The second-order valence-corrected chi connectivity index (χ2v) is 17.0. The van der Waals surface area contributed by atoms with Crippen molar-refractivity contribution in [3.05, 3.63) is 132 Å². The molecule has 0 spiro atoms. The quantitative estimate of drug-likeness (QED) is 0.0372. The number of nitrogens with zero attached hydrogens (tertiary/aromatic N) is 2. The van der Waals surface area contributed by atoms with Crippen LogP contribution in [0.2, 0.25) is 0 Å². The third-order valence-electron chi connectivity index (χ3n) is 12.9. The average molecular weight is 904 g/mol. The second kappa shape index (κ2) is 23.6. The Morgan fingerprint density at radius 2 is 1.71 bits per heavy atom. The van der Waals surface area contributed by atoms with Crippen LogP contribution in [0.15, 0.2) is 120 Å². The highest BCUT2D eigenvalue weighted by atomic mass is 16.7. The average Bonchev–Trinajstić information content (AvgIpc) is 3.33. The van der Waals surface area contributed by atoms with E-state index in [1.54, 1.807) is 17.0 Å². The number of aliphatic hydroxyl groups excluding tert-OH is 2. The first kappa shape index (κ1) is 48.2. The molecule has 13 nitrogen and oxygen atoms in total. The minimum Gasteiger partial charge on any atom is -0.459 e. The lowest BCUT2D eigenvalue weighted by Gasteiger charge is -2.59. The van der Waals surface area contributed by atoms with Gasteiger partial charge in [0.25, 0.3) is 0 Å². The molecule has 1 aliphatic heterocycles. The first-order valence-corrected chi connectivity index (χ1v) is 23.5. The Morgan fingerprint density at radius 3 is 2.48 bits per heavy atom. The van der Waals surface area contributed by atoms with Gasteiger partial charge in [-0.2, -0.15) is 0 Å². The number of ether oxygens (including phenoxy) is 5. The molecule has 1 saturated carbocycles. The summed E-state index contributed by atoms with van der Waals surface area (Å²) in [5.41, 5.74) is 4.32. The predicted molar refractivity (Wildman–Crippen MR) is 253 cm³/mol. The molecule has 2 aliphatic carbocycles. The number of rotatable bonds is 23. The first-order valence-electron chi connectivity index (χ1n) is 23.5. The van der Waals surface area contributed by atoms with Crippen LogP contribution in [0.4, 0.5) is 9.59 Å². The zero-order valence-electron chi connectivity index (χ0n) is 38.3. The van der Waals surface area contributed by atoms with Gasteiger partial charge in [-0.1, -0.05) is 103 Å². The van der Waals surface area contributed by atoms with Crippen LogP contribution in [-0.2, 0) is 32.2 Å². The lowest BCUT2D eigenvalue weighted by molar-refractivity contribution is -0.256. The van der Waals surface area contributed by atoms with Gasteiger partial charge in [-0.05, 0) is 97.0 Å². The van der Waals surface area contributed by atoms with E-state index in [1.807, 2.05) is 80.6 Å². The van der Waals surface area contributed by atoms with E-state index < -0.39 is 29.9 Å². The topological polar surface area (TPSA) is 158 Å². The number of aliphatic hydroxyl groups is 2. The van der Waals surface area contributed by atoms with E-state index >= 15 is 4.79 Å². The van der Waals surface area contributed by atoms with Crippen molar-refractivity contribution in [3.8, 4) is 11.5 Å². The van der Waals surface area contributed by atoms with Crippen molar-refractivity contribution in [3.63, 3.8) is 0 Å². The Bertz CT molecular complexity index is 2300. The van der Waals surface area contributed by atoms with Gasteiger partial charge in [-0.25, -0.2) is 9.59 Å². The number of benzene rings is 4. The van der Waals surface area contributed by atoms with Crippen LogP contribution in [0, 0.1) is 17.8 Å². The number of unbranched alkanes of at least 4 members (excludes halogenated alkanes) is 2. The maximum Gasteiger partial charge on any atom is 0.412 e. The van der Waals surface area contributed by atoms with Gasteiger partial charge in [-0.15, -0.1) is 6.58 Å². The molecule has 2 amide bonds. The zero-order valence-corrected chi connectivity index (χ0v) is 38.3. The normalized spacial score (nSPS) is 22.3. The number of amides is 2. The number of carbonyl (C=O) groups is 2. The highest BCUT2D eigenvalue weighted by molar-refractivity contribution is 6.03. The highest BCUT2D eigenvalue weighted by Gasteiger charge is 2.65. The summed E-state index contributed by atoms with van der Waals surface area (Å²) in [6, 6.07) is 28.6. The molecule has 0 bridgehead atoms. The van der Waals surface area contributed by atoms with E-state index in [2.05, 4.69) is 36.2 Å². The number of nitrogens with one attached hydrogen (secondary N) is 1. The van der Waals surface area contributed by atoms with Gasteiger partial charge >= 0.3 is 12.2 Å². The van der Waals surface area contributed by atoms with Gasteiger partial charge in [0.15, 0.2) is 0 Å². The molecule has 3 aliphatic rings. The van der Waals surface area contributed by atoms with Crippen LogP contribution in [0.1, 0.15) is 81.4 Å². The van der Waals surface area contributed by atoms with Gasteiger partial charge in [0.2, 0.25) is 5.79 Å². The SMILES string of the molecule is C=CCO[C@@]12Oc3ccc(OC(=O)NCC)cc3[C@H]3[C@H](CCCCO)[C@@H](CCCCO)C=C(C(=NOCC)C[C@@H]1N(Cc1cccc4ccccc14)C(=O)OCCOCc1ccccc1)[C@H]32. The maximum atomic E-state index is 15.1. The standard InChI is InChI=1S/C53H65N3O10/c1-4-29-63-53-48(56(35-40-22-16-21-38-19-10-11-23-42(38)40)52(60)62-31-30-61-36-37-17-8-7-9-18-37)34-46(55-64-6-3)44-32-39(20-12-14-27-57)43(24-13-15-28-58)49(50(44)53)45-33-41(25-26-47(45)66-53)65-51(59)54-5-2/h4,7-11,16-19,21-23,25-26,32-33,39,43,48-50,57-58H,1,5-6,12-15,20,24,27-31,34-36H2,2-3H3,(H,54,59)/t39-,43+,48-,49+,50+,53+/m0/s1. The monoisotopic (exact) mass is 903 g/mol. The van der Waals surface area contributed by atoms with Crippen molar-refractivity contribution in [2.45, 2.75) is 89.7 Å². The molecule has 0 unspecified atom stereocenters. The van der Waals surface area contributed by atoms with Gasteiger partial charge in [0.05, 0.1) is 38.0 Å². The number of fused-ring (bicyclic) bond motifs is 3. The number of carbonyl (C=O) groups excluding carboxylic acids is 2. The van der Waals surface area contributed by atoms with E-state index in [9.17, 15) is 15.0 Å². The fourth-order valence-corrected chi connectivity index (χ4v) is 10.1. The minimum atomic E-state index is -1.52. The van der Waals surface area contributed by atoms with E-state index in [-0.39, 0.29) is 63.8 Å². The summed E-state index contributed by atoms with van der Waals surface area (Å²) in [5, 5.41) is 29.5. The van der Waals surface area contributed by atoms with Crippen LogP contribution >= 0.6 is 0 Å². The molecule has 4 aromatic carbocycles. The van der Waals surface area contributed by atoms with Crippen LogP contribution in [0.5, 0.6) is 11.5 Å². The summed E-state index contributed by atoms with van der Waals surface area (Å²) in [5.74, 6) is -1.50. The molecule has 1 heterocycles. The van der Waals surface area contributed by atoms with Gasteiger partial charge in [-0.3, -0.25) is 4.90 Å². The van der Waals surface area contributed by atoms with Crippen molar-refractivity contribution in [2.75, 3.05) is 46.2 Å². The summed E-state index contributed by atoms with van der Waals surface area (Å²) in [7, 11) is 0. The second-order valence-electron chi connectivity index (χ2n) is 17.0. The van der Waals surface area contributed by atoms with Gasteiger partial charge in [0, 0.05) is 37.7 Å². The van der Waals surface area contributed by atoms with Crippen molar-refractivity contribution in [2.24, 2.45) is 22.9 Å². The van der Waals surface area contributed by atoms with Crippen LogP contribution in [-0.4, -0.2) is 91.0 Å². The molecule has 352 valence electrons. The third-order valence-corrected chi connectivity index (χ3v) is 12.9. The third kappa shape index (κ3) is 11.1. The van der Waals surface area contributed by atoms with Crippen LogP contribution in [0.3, 0.4) is 0 Å². The molecule has 3 N–H and O–H groups in total. The summed E-state index contributed by atoms with van der Waals surface area (Å²) in [6.45, 7) is 9.43. The van der Waals surface area contributed by atoms with E-state index in [0.717, 1.165) is 58.7 Å². The van der Waals surface area contributed by atoms with E-state index in [0.29, 0.717) is 49.8 Å². The van der Waals surface area contributed by atoms with Crippen LogP contribution < -0.4 is 14.8 Å². The minimum absolute atomic E-state index is 0.00254. The lowest BCUT2D eigenvalue weighted by atomic mass is 9.55. The fraction of sp³-hybridized carbons (Fsp3) is 0.453. The molecule has 7 rings (SSSR count). The Morgan fingerprint density at radius 1 is 0.939 bits per heavy atom. The van der Waals surface area contributed by atoms with Crippen molar-refractivity contribution in [1.82, 2.24) is 10.2 Å². The van der Waals surface area contributed by atoms with Crippen molar-refractivity contribution in [1.29, 1.82) is 0 Å². The molecular weight excluding hydrogens is 839 g/mol. The van der Waals surface area contributed by atoms with E-state index in [4.69, 9.17) is 33.7 Å². The molecule has 0 saturated heterocycles. The molecule has 1 fully saturated rings. The van der Waals surface area contributed by atoms with Crippen molar-refractivity contribution < 1.29 is 48.3 Å². The summed E-state index contributed by atoms with van der Waals surface area (Å²) in [4.78, 5) is 35.6. The van der Waals surface area contributed by atoms with Crippen molar-refractivity contribution >= 4 is 28.7 Å². The largest absolute Gasteiger partial charge is 0.459 e. The molecular formula is C53H65N3O10. The number of hydrogen-bond donors (Lipinski definition) is 3. The molecule has 0 aromatic heterocycles. The Labute approximate surface area is 388 Å². The first-order chi connectivity index (χ1) is 32.3. The van der Waals surface area contributed by atoms with E-state index in [1.165, 1.54) is 0 Å². The number of allylic oxidation sites excluding steroid dienone is 1. The molecule has 6 atom stereocenters. The maximum absolute atomic E-state index is 15.1. The smallest absolute Gasteiger partial charge is 0.412 e. The molecule has 13 heteroatoms.